The molecule has 2 heteroatoms. The van der Waals surface area contributed by atoms with Gasteiger partial charge in [0.15, 0.2) is 0 Å². The summed E-state index contributed by atoms with van der Waals surface area (Å²) in [7, 11) is 0. The van der Waals surface area contributed by atoms with Crippen LogP contribution in [0.5, 0.6) is 0 Å². The van der Waals surface area contributed by atoms with Gasteiger partial charge in [0.2, 0.25) is 0 Å². The van der Waals surface area contributed by atoms with Crippen LogP contribution in [0.3, 0.4) is 0 Å². The van der Waals surface area contributed by atoms with Crippen LogP contribution in [0.4, 0.5) is 0 Å². The van der Waals surface area contributed by atoms with Gasteiger partial charge in [-0.15, -0.1) is 0 Å². The lowest BCUT2D eigenvalue weighted by Gasteiger charge is -2.21. The smallest absolute Gasteiger partial charge is 0.0580 e. The van der Waals surface area contributed by atoms with Gasteiger partial charge < -0.3 is 5.43 Å². The Morgan fingerprint density at radius 3 is 2.59 bits per heavy atom. The second kappa shape index (κ2) is 6.43. The maximum atomic E-state index is 4.51. The summed E-state index contributed by atoms with van der Waals surface area (Å²) in [6.45, 7) is 2.98. The SMILES string of the molecule is CC(=NNCc1ccccc1)C1CCCCC1. The van der Waals surface area contributed by atoms with Crippen LogP contribution in [-0.2, 0) is 6.54 Å². The molecule has 0 unspecified atom stereocenters. The van der Waals surface area contributed by atoms with E-state index in [1.165, 1.54) is 43.4 Å². The molecule has 1 aromatic carbocycles. The average molecular weight is 230 g/mol. The van der Waals surface area contributed by atoms with Gasteiger partial charge in [-0.2, -0.15) is 5.10 Å². The van der Waals surface area contributed by atoms with Gasteiger partial charge in [-0.1, -0.05) is 49.6 Å². The summed E-state index contributed by atoms with van der Waals surface area (Å²) >= 11 is 0. The van der Waals surface area contributed by atoms with E-state index < -0.39 is 0 Å². The molecule has 2 rings (SSSR count). The highest BCUT2D eigenvalue weighted by Crippen LogP contribution is 2.24. The zero-order valence-corrected chi connectivity index (χ0v) is 10.7. The van der Waals surface area contributed by atoms with Crippen molar-refractivity contribution in [3.63, 3.8) is 0 Å². The Hall–Kier alpha value is -1.31. The average Bonchev–Trinajstić information content (AvgIpc) is 2.41. The molecule has 1 aliphatic rings. The maximum absolute atomic E-state index is 4.51. The van der Waals surface area contributed by atoms with Crippen molar-refractivity contribution in [3.05, 3.63) is 35.9 Å². The maximum Gasteiger partial charge on any atom is 0.0580 e. The lowest BCUT2D eigenvalue weighted by molar-refractivity contribution is 0.436. The van der Waals surface area contributed by atoms with E-state index in [9.17, 15) is 0 Å². The summed E-state index contributed by atoms with van der Waals surface area (Å²) in [5, 5.41) is 4.51. The summed E-state index contributed by atoms with van der Waals surface area (Å²) in [5.41, 5.74) is 5.75. The van der Waals surface area contributed by atoms with Gasteiger partial charge in [0, 0.05) is 5.71 Å². The lowest BCUT2D eigenvalue weighted by Crippen LogP contribution is -2.18. The Kier molecular flexibility index (Phi) is 4.60. The largest absolute Gasteiger partial charge is 0.306 e. The number of rotatable bonds is 4. The molecule has 17 heavy (non-hydrogen) atoms. The van der Waals surface area contributed by atoms with Gasteiger partial charge in [0.25, 0.3) is 0 Å². The molecule has 1 saturated carbocycles. The van der Waals surface area contributed by atoms with E-state index in [0.717, 1.165) is 6.54 Å². The minimum atomic E-state index is 0.715. The summed E-state index contributed by atoms with van der Waals surface area (Å²) in [5.74, 6) is 0.715. The molecule has 0 amide bonds. The summed E-state index contributed by atoms with van der Waals surface area (Å²) in [4.78, 5) is 0. The fourth-order valence-electron chi connectivity index (χ4n) is 2.46. The summed E-state index contributed by atoms with van der Waals surface area (Å²) in [6, 6.07) is 10.4. The van der Waals surface area contributed by atoms with E-state index in [1.54, 1.807) is 0 Å². The number of hydrazone groups is 1. The van der Waals surface area contributed by atoms with Crippen molar-refractivity contribution in [1.29, 1.82) is 0 Å². The quantitative estimate of drug-likeness (QED) is 0.618. The molecular formula is C15H22N2. The number of hydrogen-bond acceptors (Lipinski definition) is 2. The first kappa shape index (κ1) is 12.2. The zero-order valence-electron chi connectivity index (χ0n) is 10.7. The van der Waals surface area contributed by atoms with Crippen LogP contribution in [0.25, 0.3) is 0 Å². The highest BCUT2D eigenvalue weighted by molar-refractivity contribution is 5.84. The molecule has 0 heterocycles. The molecule has 2 nitrogen and oxygen atoms in total. The Morgan fingerprint density at radius 2 is 1.88 bits per heavy atom. The third kappa shape index (κ3) is 3.88. The number of hydrogen-bond donors (Lipinski definition) is 1. The molecule has 1 N–H and O–H groups in total. The van der Waals surface area contributed by atoms with E-state index in [4.69, 9.17) is 0 Å². The molecule has 0 bridgehead atoms. The monoisotopic (exact) mass is 230 g/mol. The van der Waals surface area contributed by atoms with Crippen molar-refractivity contribution in [2.75, 3.05) is 0 Å². The molecule has 0 aliphatic heterocycles. The fourth-order valence-corrected chi connectivity index (χ4v) is 2.46. The third-order valence-electron chi connectivity index (χ3n) is 3.58. The van der Waals surface area contributed by atoms with Crippen molar-refractivity contribution >= 4 is 5.71 Å². The first-order chi connectivity index (χ1) is 8.36. The van der Waals surface area contributed by atoms with Crippen molar-refractivity contribution in [2.45, 2.75) is 45.6 Å². The zero-order chi connectivity index (χ0) is 11.9. The van der Waals surface area contributed by atoms with Crippen LogP contribution in [0, 0.1) is 5.92 Å². The molecule has 0 aromatic heterocycles. The molecule has 1 aliphatic carbocycles. The van der Waals surface area contributed by atoms with Gasteiger partial charge in [-0.05, 0) is 31.2 Å². The highest BCUT2D eigenvalue weighted by Gasteiger charge is 2.15. The molecule has 1 fully saturated rings. The van der Waals surface area contributed by atoms with Crippen LogP contribution in [0.2, 0.25) is 0 Å². The molecule has 0 atom stereocenters. The van der Waals surface area contributed by atoms with Crippen molar-refractivity contribution in [2.24, 2.45) is 11.0 Å². The first-order valence-corrected chi connectivity index (χ1v) is 6.67. The highest BCUT2D eigenvalue weighted by atomic mass is 15.3. The van der Waals surface area contributed by atoms with Gasteiger partial charge in [0.05, 0.1) is 6.54 Å². The third-order valence-corrected chi connectivity index (χ3v) is 3.58. The van der Waals surface area contributed by atoms with Gasteiger partial charge in [0.1, 0.15) is 0 Å². The molecule has 0 spiro atoms. The summed E-state index contributed by atoms with van der Waals surface area (Å²) < 4.78 is 0. The lowest BCUT2D eigenvalue weighted by atomic mass is 9.86. The summed E-state index contributed by atoms with van der Waals surface area (Å²) in [6.07, 6.45) is 6.79. The van der Waals surface area contributed by atoms with Crippen molar-refractivity contribution in [3.8, 4) is 0 Å². The van der Waals surface area contributed by atoms with Gasteiger partial charge in [-0.25, -0.2) is 0 Å². The second-order valence-corrected chi connectivity index (χ2v) is 4.91. The molecule has 1 aromatic rings. The Morgan fingerprint density at radius 1 is 1.18 bits per heavy atom. The fraction of sp³-hybridized carbons (Fsp3) is 0.533. The van der Waals surface area contributed by atoms with Crippen LogP contribution in [0.15, 0.2) is 35.4 Å². The van der Waals surface area contributed by atoms with Crippen molar-refractivity contribution < 1.29 is 0 Å². The molecule has 0 saturated heterocycles. The Labute approximate surface area is 104 Å². The van der Waals surface area contributed by atoms with E-state index in [1.807, 2.05) is 6.07 Å². The van der Waals surface area contributed by atoms with Gasteiger partial charge in [-0.3, -0.25) is 0 Å². The first-order valence-electron chi connectivity index (χ1n) is 6.67. The molecule has 0 radical (unpaired) electrons. The van der Waals surface area contributed by atoms with E-state index in [2.05, 4.69) is 41.7 Å². The normalized spacial score (nSPS) is 18.1. The Balaban J connectivity index is 1.79. The van der Waals surface area contributed by atoms with E-state index >= 15 is 0 Å². The van der Waals surface area contributed by atoms with E-state index in [0.29, 0.717) is 5.92 Å². The number of benzene rings is 1. The van der Waals surface area contributed by atoms with Crippen LogP contribution >= 0.6 is 0 Å². The predicted molar refractivity (Wildman–Crippen MR) is 73.0 cm³/mol. The van der Waals surface area contributed by atoms with Crippen LogP contribution < -0.4 is 5.43 Å². The standard InChI is InChI=1S/C15H22N2/c1-13(15-10-6-3-7-11-15)17-16-12-14-8-4-2-5-9-14/h2,4-5,8-9,15-16H,3,6-7,10-12H2,1H3. The molecule has 92 valence electrons. The minimum absolute atomic E-state index is 0.715. The predicted octanol–water partition coefficient (Wildman–Crippen LogP) is 3.73. The van der Waals surface area contributed by atoms with Crippen molar-refractivity contribution in [1.82, 2.24) is 5.43 Å². The van der Waals surface area contributed by atoms with E-state index in [-0.39, 0.29) is 0 Å². The molecular weight excluding hydrogens is 208 g/mol. The van der Waals surface area contributed by atoms with Crippen LogP contribution in [0.1, 0.15) is 44.6 Å². The topological polar surface area (TPSA) is 24.4 Å². The number of nitrogens with one attached hydrogen (secondary N) is 1. The second-order valence-electron chi connectivity index (χ2n) is 4.91. The van der Waals surface area contributed by atoms with Crippen LogP contribution in [-0.4, -0.2) is 5.71 Å². The number of nitrogens with zero attached hydrogens (tertiary/aromatic N) is 1. The minimum Gasteiger partial charge on any atom is -0.306 e. The van der Waals surface area contributed by atoms with Gasteiger partial charge >= 0.3 is 0 Å². The Bertz CT molecular complexity index is 350.